The average molecular weight is 350 g/mol. The molecule has 1 amide bonds. The fraction of sp³-hybridized carbons (Fsp3) is 0.0588. The molecule has 0 fully saturated rings. The van der Waals surface area contributed by atoms with Gasteiger partial charge in [0.05, 0.1) is 6.20 Å². The minimum Gasteiger partial charge on any atom is -0.384 e. The third-order valence-electron chi connectivity index (χ3n) is 3.67. The molecule has 0 radical (unpaired) electrons. The number of anilines is 2. The van der Waals surface area contributed by atoms with E-state index >= 15 is 0 Å². The second kappa shape index (κ2) is 6.33. The minimum atomic E-state index is -0.311. The number of hydrogen-bond acceptors (Lipinski definition) is 6. The number of nitrogens with zero attached hydrogens (tertiary/aromatic N) is 4. The summed E-state index contributed by atoms with van der Waals surface area (Å²) in [5.41, 5.74) is 7.79. The Bertz CT molecular complexity index is 1040. The first-order valence-corrected chi connectivity index (χ1v) is 8.40. The molecule has 0 bridgehead atoms. The molecule has 4 rings (SSSR count). The summed E-state index contributed by atoms with van der Waals surface area (Å²) in [6, 6.07) is 11.7. The Morgan fingerprint density at radius 3 is 2.84 bits per heavy atom. The molecule has 0 saturated carbocycles. The number of nitrogens with two attached hydrogens (primary N) is 1. The van der Waals surface area contributed by atoms with E-state index in [1.165, 1.54) is 27.6 Å². The van der Waals surface area contributed by atoms with Crippen molar-refractivity contribution in [2.24, 2.45) is 0 Å². The number of thiazole rings is 1. The fourth-order valence-electron chi connectivity index (χ4n) is 2.48. The van der Waals surface area contributed by atoms with Gasteiger partial charge in [-0.3, -0.25) is 10.1 Å². The predicted octanol–water partition coefficient (Wildman–Crippen LogP) is 2.61. The van der Waals surface area contributed by atoms with Gasteiger partial charge in [-0.25, -0.2) is 9.97 Å². The summed E-state index contributed by atoms with van der Waals surface area (Å²) in [6.45, 7) is 0. The zero-order valence-electron chi connectivity index (χ0n) is 13.1. The molecule has 3 N–H and O–H groups in total. The average Bonchev–Trinajstić information content (AvgIpc) is 3.23. The van der Waals surface area contributed by atoms with Crippen molar-refractivity contribution in [3.8, 4) is 0 Å². The van der Waals surface area contributed by atoms with Crippen LogP contribution in [0.2, 0.25) is 0 Å². The van der Waals surface area contributed by atoms with Crippen molar-refractivity contribution in [1.82, 2.24) is 19.6 Å². The van der Waals surface area contributed by atoms with Gasteiger partial charge in [0, 0.05) is 23.7 Å². The Kier molecular flexibility index (Phi) is 3.87. The summed E-state index contributed by atoms with van der Waals surface area (Å²) >= 11 is 1.45. The van der Waals surface area contributed by atoms with E-state index in [0.717, 1.165) is 11.3 Å². The smallest absolute Gasteiger partial charge is 0.262 e. The van der Waals surface area contributed by atoms with Crippen molar-refractivity contribution in [2.75, 3.05) is 11.1 Å². The van der Waals surface area contributed by atoms with Crippen molar-refractivity contribution in [1.29, 1.82) is 0 Å². The van der Waals surface area contributed by atoms with Crippen molar-refractivity contribution in [3.05, 3.63) is 71.0 Å². The number of hydrogen-bond donors (Lipinski definition) is 2. The highest BCUT2D eigenvalue weighted by Crippen LogP contribution is 2.22. The number of aromatic nitrogens is 4. The van der Waals surface area contributed by atoms with Crippen LogP contribution in [-0.2, 0) is 6.42 Å². The largest absolute Gasteiger partial charge is 0.384 e. The number of nitrogens with one attached hydrogen (secondary N) is 1. The van der Waals surface area contributed by atoms with E-state index in [4.69, 9.17) is 5.73 Å². The lowest BCUT2D eigenvalue weighted by molar-refractivity contribution is 0.102. The van der Waals surface area contributed by atoms with Gasteiger partial charge >= 0.3 is 0 Å². The molecule has 0 aliphatic heterocycles. The Balaban J connectivity index is 1.52. The lowest BCUT2D eigenvalue weighted by atomic mass is 10.1. The number of carbonyl (C=O) groups excluding carboxylic acids is 1. The van der Waals surface area contributed by atoms with Gasteiger partial charge in [-0.15, -0.1) is 11.3 Å². The maximum absolute atomic E-state index is 12.5. The van der Waals surface area contributed by atoms with Gasteiger partial charge < -0.3 is 5.73 Å². The van der Waals surface area contributed by atoms with Gasteiger partial charge in [0.15, 0.2) is 10.8 Å². The van der Waals surface area contributed by atoms with E-state index in [1.54, 1.807) is 18.5 Å². The molecular weight excluding hydrogens is 336 g/mol. The molecule has 124 valence electrons. The highest BCUT2D eigenvalue weighted by atomic mass is 32.1. The number of amides is 1. The van der Waals surface area contributed by atoms with Crippen LogP contribution in [-0.4, -0.2) is 25.5 Å². The molecule has 0 atom stereocenters. The molecule has 0 unspecified atom stereocenters. The number of nitrogen functional groups attached to an aromatic ring is 1. The first kappa shape index (κ1) is 15.3. The third kappa shape index (κ3) is 3.07. The Morgan fingerprint density at radius 2 is 2.00 bits per heavy atom. The van der Waals surface area contributed by atoms with Gasteiger partial charge in [0.2, 0.25) is 0 Å². The van der Waals surface area contributed by atoms with Gasteiger partial charge in [-0.05, 0) is 11.6 Å². The Morgan fingerprint density at radius 1 is 1.16 bits per heavy atom. The van der Waals surface area contributed by atoms with Crippen LogP contribution in [0, 0.1) is 0 Å². The van der Waals surface area contributed by atoms with Crippen LogP contribution in [0.1, 0.15) is 20.8 Å². The molecule has 8 heteroatoms. The maximum atomic E-state index is 12.5. The highest BCUT2D eigenvalue weighted by Gasteiger charge is 2.16. The summed E-state index contributed by atoms with van der Waals surface area (Å²) < 4.78 is 1.43. The van der Waals surface area contributed by atoms with Crippen LogP contribution in [0.5, 0.6) is 0 Å². The first-order chi connectivity index (χ1) is 12.2. The van der Waals surface area contributed by atoms with E-state index in [0.29, 0.717) is 22.2 Å². The summed E-state index contributed by atoms with van der Waals surface area (Å²) in [5.74, 6) is 0.108. The molecule has 1 aromatic carbocycles. The van der Waals surface area contributed by atoms with Crippen molar-refractivity contribution >= 4 is 33.8 Å². The SMILES string of the molecule is Nc1ccnc2c(C(=O)Nc3ncc(Cc4ccccc4)s3)cnn12. The molecule has 0 aliphatic rings. The second-order valence-electron chi connectivity index (χ2n) is 5.41. The lowest BCUT2D eigenvalue weighted by Gasteiger charge is -2.00. The van der Waals surface area contributed by atoms with Gasteiger partial charge in [0.25, 0.3) is 5.91 Å². The normalized spacial score (nSPS) is 10.9. The fourth-order valence-corrected chi connectivity index (χ4v) is 3.32. The van der Waals surface area contributed by atoms with Crippen LogP contribution >= 0.6 is 11.3 Å². The number of fused-ring (bicyclic) bond motifs is 1. The maximum Gasteiger partial charge on any atom is 0.262 e. The Labute approximate surface area is 147 Å². The van der Waals surface area contributed by atoms with E-state index in [-0.39, 0.29) is 5.91 Å². The second-order valence-corrected chi connectivity index (χ2v) is 6.53. The molecule has 0 aliphatic carbocycles. The number of carbonyl (C=O) groups is 1. The highest BCUT2D eigenvalue weighted by molar-refractivity contribution is 7.15. The van der Waals surface area contributed by atoms with E-state index in [9.17, 15) is 4.79 Å². The number of benzene rings is 1. The van der Waals surface area contributed by atoms with Gasteiger partial charge in [0.1, 0.15) is 11.4 Å². The number of rotatable bonds is 4. The van der Waals surface area contributed by atoms with Crippen molar-refractivity contribution in [2.45, 2.75) is 6.42 Å². The summed E-state index contributed by atoms with van der Waals surface area (Å²) in [6.07, 6.45) is 5.56. The minimum absolute atomic E-state index is 0.311. The molecule has 7 nitrogen and oxygen atoms in total. The zero-order chi connectivity index (χ0) is 17.2. The molecule has 0 saturated heterocycles. The monoisotopic (exact) mass is 350 g/mol. The van der Waals surface area contributed by atoms with E-state index < -0.39 is 0 Å². The molecule has 3 aromatic heterocycles. The molecule has 25 heavy (non-hydrogen) atoms. The summed E-state index contributed by atoms with van der Waals surface area (Å²) in [4.78, 5) is 22.0. The first-order valence-electron chi connectivity index (χ1n) is 7.59. The zero-order valence-corrected chi connectivity index (χ0v) is 13.9. The topological polar surface area (TPSA) is 98.2 Å². The Hall–Kier alpha value is -3.26. The van der Waals surface area contributed by atoms with Crippen LogP contribution in [0.25, 0.3) is 5.65 Å². The summed E-state index contributed by atoms with van der Waals surface area (Å²) in [7, 11) is 0. The van der Waals surface area contributed by atoms with Crippen LogP contribution < -0.4 is 11.1 Å². The van der Waals surface area contributed by atoms with E-state index in [1.807, 2.05) is 18.2 Å². The van der Waals surface area contributed by atoms with Gasteiger partial charge in [-0.2, -0.15) is 9.61 Å². The quantitative estimate of drug-likeness (QED) is 0.589. The standard InChI is InChI=1S/C17H14N6OS/c18-14-6-7-19-15-13(10-21-23(14)15)16(24)22-17-20-9-12(25-17)8-11-4-2-1-3-5-11/h1-7,9-10H,8,18H2,(H,20,22,24). The lowest BCUT2D eigenvalue weighted by Crippen LogP contribution is -2.12. The van der Waals surface area contributed by atoms with Crippen LogP contribution in [0.3, 0.4) is 0 Å². The van der Waals surface area contributed by atoms with Crippen molar-refractivity contribution < 1.29 is 4.79 Å². The van der Waals surface area contributed by atoms with Crippen molar-refractivity contribution in [3.63, 3.8) is 0 Å². The molecular formula is C17H14N6OS. The predicted molar refractivity (Wildman–Crippen MR) is 96.7 cm³/mol. The van der Waals surface area contributed by atoms with Crippen LogP contribution in [0.15, 0.2) is 55.0 Å². The molecule has 0 spiro atoms. The van der Waals surface area contributed by atoms with E-state index in [2.05, 4.69) is 32.5 Å². The third-order valence-corrected chi connectivity index (χ3v) is 4.58. The molecule has 3 heterocycles. The van der Waals surface area contributed by atoms with Gasteiger partial charge in [-0.1, -0.05) is 30.3 Å². The van der Waals surface area contributed by atoms with Crippen LogP contribution in [0.4, 0.5) is 10.9 Å². The molecule has 4 aromatic rings. The summed E-state index contributed by atoms with van der Waals surface area (Å²) in [5, 5.41) is 7.43.